The van der Waals surface area contributed by atoms with Gasteiger partial charge in [0.25, 0.3) is 0 Å². The van der Waals surface area contributed by atoms with Crippen LogP contribution in [0.3, 0.4) is 0 Å². The Kier molecular flexibility index (Phi) is 9.14. The van der Waals surface area contributed by atoms with Crippen LogP contribution >= 0.6 is 24.0 Å². The zero-order chi connectivity index (χ0) is 18.4. The average molecular weight is 488 g/mol. The summed E-state index contributed by atoms with van der Waals surface area (Å²) in [5.41, 5.74) is -0.800. The van der Waals surface area contributed by atoms with Gasteiger partial charge in [-0.15, -0.1) is 24.0 Å². The third-order valence-corrected chi connectivity index (χ3v) is 4.34. The summed E-state index contributed by atoms with van der Waals surface area (Å²) in [6, 6.07) is 0.443. The van der Waals surface area contributed by atoms with Crippen molar-refractivity contribution in [3.63, 3.8) is 0 Å². The maximum atomic E-state index is 13.0. The maximum Gasteiger partial charge on any atom is 0.435 e. The van der Waals surface area contributed by atoms with E-state index in [4.69, 9.17) is 0 Å². The van der Waals surface area contributed by atoms with Crippen molar-refractivity contribution in [1.29, 1.82) is 0 Å². The van der Waals surface area contributed by atoms with Gasteiger partial charge in [-0.05, 0) is 32.9 Å². The molecule has 2 N–H and O–H groups in total. The molecule has 10 heteroatoms. The number of alkyl halides is 3. The summed E-state index contributed by atoms with van der Waals surface area (Å²) >= 11 is 0. The highest BCUT2D eigenvalue weighted by Gasteiger charge is 2.36. The van der Waals surface area contributed by atoms with Crippen LogP contribution in [-0.2, 0) is 19.8 Å². The lowest BCUT2D eigenvalue weighted by molar-refractivity contribution is -0.142. The summed E-state index contributed by atoms with van der Waals surface area (Å²) in [5, 5.41) is 9.85. The third-order valence-electron chi connectivity index (χ3n) is 4.34. The van der Waals surface area contributed by atoms with Gasteiger partial charge in [-0.1, -0.05) is 6.92 Å². The van der Waals surface area contributed by atoms with E-state index in [1.165, 1.54) is 24.3 Å². The summed E-state index contributed by atoms with van der Waals surface area (Å²) in [6.07, 6.45) is -0.797. The minimum atomic E-state index is -4.47. The molecule has 1 aromatic heterocycles. The van der Waals surface area contributed by atoms with Gasteiger partial charge in [0.1, 0.15) is 0 Å². The molecule has 1 aromatic rings. The van der Waals surface area contributed by atoms with E-state index >= 15 is 0 Å². The molecule has 1 aliphatic rings. The van der Waals surface area contributed by atoms with Gasteiger partial charge in [0.2, 0.25) is 0 Å². The number of rotatable bonds is 6. The minimum Gasteiger partial charge on any atom is -0.357 e. The number of guanidine groups is 1. The highest BCUT2D eigenvalue weighted by atomic mass is 127. The second-order valence-corrected chi connectivity index (χ2v) is 6.18. The number of aryl methyl sites for hydroxylation is 1. The lowest BCUT2D eigenvalue weighted by Gasteiger charge is -2.24. The van der Waals surface area contributed by atoms with E-state index in [1.807, 2.05) is 6.92 Å². The first kappa shape index (κ1) is 23.0. The molecule has 1 fully saturated rings. The smallest absolute Gasteiger partial charge is 0.357 e. The van der Waals surface area contributed by atoms with Gasteiger partial charge < -0.3 is 10.6 Å². The highest BCUT2D eigenvalue weighted by molar-refractivity contribution is 14.0. The molecule has 0 bridgehead atoms. The Morgan fingerprint density at radius 2 is 2.08 bits per heavy atom. The predicted octanol–water partition coefficient (Wildman–Crippen LogP) is 2.60. The molecule has 0 saturated carbocycles. The summed E-state index contributed by atoms with van der Waals surface area (Å²) in [4.78, 5) is 6.71. The molecule has 0 amide bonds. The molecular formula is C16H28F3IN6. The Hall–Kier alpha value is -1.04. The largest absolute Gasteiger partial charge is 0.435 e. The highest BCUT2D eigenvalue weighted by Crippen LogP contribution is 2.30. The van der Waals surface area contributed by atoms with Crippen LogP contribution in [0.5, 0.6) is 0 Å². The molecule has 0 aromatic carbocycles. The fraction of sp³-hybridized carbons (Fsp3) is 0.750. The number of nitrogens with zero attached hydrogens (tertiary/aromatic N) is 4. The number of aromatic nitrogens is 2. The average Bonchev–Trinajstić information content (AvgIpc) is 3.15. The lowest BCUT2D eigenvalue weighted by atomic mass is 10.2. The molecule has 1 atom stereocenters. The van der Waals surface area contributed by atoms with E-state index in [0.29, 0.717) is 18.5 Å². The topological polar surface area (TPSA) is 57.5 Å². The van der Waals surface area contributed by atoms with Gasteiger partial charge in [0, 0.05) is 37.9 Å². The van der Waals surface area contributed by atoms with Gasteiger partial charge in [-0.25, -0.2) is 4.99 Å². The van der Waals surface area contributed by atoms with Crippen LogP contribution in [-0.4, -0.2) is 52.9 Å². The molecule has 26 heavy (non-hydrogen) atoms. The van der Waals surface area contributed by atoms with Crippen molar-refractivity contribution >= 4 is 29.9 Å². The monoisotopic (exact) mass is 488 g/mol. The zero-order valence-electron chi connectivity index (χ0n) is 15.4. The fourth-order valence-electron chi connectivity index (χ4n) is 3.16. The van der Waals surface area contributed by atoms with Crippen molar-refractivity contribution in [3.8, 4) is 0 Å². The van der Waals surface area contributed by atoms with Gasteiger partial charge in [0.15, 0.2) is 11.7 Å². The number of halogens is 4. The van der Waals surface area contributed by atoms with Crippen LogP contribution in [0, 0.1) is 0 Å². The van der Waals surface area contributed by atoms with Crippen molar-refractivity contribution in [2.75, 3.05) is 26.2 Å². The van der Waals surface area contributed by atoms with Crippen LogP contribution in [0.1, 0.15) is 37.9 Å². The minimum absolute atomic E-state index is 0. The second-order valence-electron chi connectivity index (χ2n) is 6.18. The van der Waals surface area contributed by atoms with Crippen LogP contribution < -0.4 is 10.6 Å². The summed E-state index contributed by atoms with van der Waals surface area (Å²) in [7, 11) is 1.48. The van der Waals surface area contributed by atoms with Crippen LogP contribution in [0.15, 0.2) is 11.2 Å². The van der Waals surface area contributed by atoms with E-state index < -0.39 is 11.9 Å². The standard InChI is InChI=1S/C16H27F3N6.HI/c1-4-20-15(22-10-13-7-6-8-25(13)5-2)21-9-12-11-24(3)23-14(12)16(17,18)19;/h11,13H,4-10H2,1-3H3,(H2,20,21,22);1H. The van der Waals surface area contributed by atoms with Gasteiger partial charge >= 0.3 is 6.18 Å². The Balaban J connectivity index is 0.00000338. The van der Waals surface area contributed by atoms with Crippen molar-refractivity contribution in [1.82, 2.24) is 25.3 Å². The van der Waals surface area contributed by atoms with Gasteiger partial charge in [-0.2, -0.15) is 18.3 Å². The van der Waals surface area contributed by atoms with Gasteiger partial charge in [0.05, 0.1) is 6.54 Å². The Bertz CT molecular complexity index is 587. The number of hydrogen-bond donors (Lipinski definition) is 2. The van der Waals surface area contributed by atoms with Crippen molar-refractivity contribution in [2.45, 2.75) is 45.5 Å². The van der Waals surface area contributed by atoms with Crippen molar-refractivity contribution < 1.29 is 13.2 Å². The molecule has 1 saturated heterocycles. The maximum absolute atomic E-state index is 13.0. The van der Waals surface area contributed by atoms with E-state index in [9.17, 15) is 13.2 Å². The van der Waals surface area contributed by atoms with Crippen LogP contribution in [0.25, 0.3) is 0 Å². The number of nitrogens with one attached hydrogen (secondary N) is 2. The molecule has 2 heterocycles. The Labute approximate surface area is 169 Å². The molecule has 0 aliphatic carbocycles. The molecule has 6 nitrogen and oxygen atoms in total. The summed E-state index contributed by atoms with van der Waals surface area (Å²) in [6.45, 7) is 7.48. The summed E-state index contributed by atoms with van der Waals surface area (Å²) in [5.74, 6) is 0.530. The normalized spacial score (nSPS) is 18.7. The molecule has 1 aliphatic heterocycles. The lowest BCUT2D eigenvalue weighted by Crippen LogP contribution is -2.44. The quantitative estimate of drug-likeness (QED) is 0.368. The second kappa shape index (κ2) is 10.3. The van der Waals surface area contributed by atoms with E-state index in [2.05, 4.69) is 32.5 Å². The van der Waals surface area contributed by atoms with Crippen LogP contribution in [0.2, 0.25) is 0 Å². The number of likely N-dealkylation sites (tertiary alicyclic amines) is 1. The predicted molar refractivity (Wildman–Crippen MR) is 107 cm³/mol. The van der Waals surface area contributed by atoms with Gasteiger partial charge in [-0.3, -0.25) is 9.58 Å². The van der Waals surface area contributed by atoms with E-state index in [0.717, 1.165) is 26.1 Å². The third kappa shape index (κ3) is 6.29. The Morgan fingerprint density at radius 3 is 2.69 bits per heavy atom. The molecule has 0 spiro atoms. The summed E-state index contributed by atoms with van der Waals surface area (Å²) < 4.78 is 40.2. The molecule has 0 radical (unpaired) electrons. The molecule has 1 unspecified atom stereocenters. The zero-order valence-corrected chi connectivity index (χ0v) is 17.8. The number of likely N-dealkylation sites (N-methyl/N-ethyl adjacent to an activating group) is 1. The molecule has 2 rings (SSSR count). The first-order valence-electron chi connectivity index (χ1n) is 8.71. The Morgan fingerprint density at radius 1 is 1.35 bits per heavy atom. The van der Waals surface area contributed by atoms with E-state index in [-0.39, 0.29) is 36.1 Å². The molecule has 150 valence electrons. The first-order chi connectivity index (χ1) is 11.8. The first-order valence-corrected chi connectivity index (χ1v) is 8.71. The SMILES string of the molecule is CCNC(=NCc1cn(C)nc1C(F)(F)F)NCC1CCCN1CC.I. The molecular weight excluding hydrogens is 460 g/mol. The van der Waals surface area contributed by atoms with Crippen LogP contribution in [0.4, 0.5) is 13.2 Å². The number of hydrogen-bond acceptors (Lipinski definition) is 3. The number of aliphatic imine (C=N–C) groups is 1. The van der Waals surface area contributed by atoms with Crippen molar-refractivity contribution in [3.05, 3.63) is 17.5 Å². The van der Waals surface area contributed by atoms with E-state index in [1.54, 1.807) is 0 Å². The fourth-order valence-corrected chi connectivity index (χ4v) is 3.16. The van der Waals surface area contributed by atoms with Crippen molar-refractivity contribution in [2.24, 2.45) is 12.0 Å².